The van der Waals surface area contributed by atoms with Crippen LogP contribution < -0.4 is 11.1 Å². The van der Waals surface area contributed by atoms with Gasteiger partial charge in [0.05, 0.1) is 6.04 Å². The van der Waals surface area contributed by atoms with Crippen molar-refractivity contribution in [2.75, 3.05) is 17.3 Å². The molecule has 1 atom stereocenters. The van der Waals surface area contributed by atoms with Crippen molar-refractivity contribution in [3.63, 3.8) is 0 Å². The summed E-state index contributed by atoms with van der Waals surface area (Å²) in [6, 6.07) is 0.340. The van der Waals surface area contributed by atoms with E-state index in [2.05, 4.69) is 31.2 Å². The highest BCUT2D eigenvalue weighted by Gasteiger charge is 2.32. The number of sulfone groups is 1. The quantitative estimate of drug-likeness (QED) is 0.806. The van der Waals surface area contributed by atoms with E-state index in [1.807, 2.05) is 0 Å². The monoisotopic (exact) mass is 314 g/mol. The van der Waals surface area contributed by atoms with Crippen molar-refractivity contribution in [3.8, 4) is 0 Å². The first kappa shape index (κ1) is 16.1. The summed E-state index contributed by atoms with van der Waals surface area (Å²) < 4.78 is 25.8. The summed E-state index contributed by atoms with van der Waals surface area (Å²) >= 11 is 0. The first-order valence-corrected chi connectivity index (χ1v) is 9.53. The van der Waals surface area contributed by atoms with Crippen molar-refractivity contribution >= 4 is 21.5 Å². The lowest BCUT2D eigenvalue weighted by Gasteiger charge is -2.14. The number of nitrogen functional groups attached to an aromatic ring is 1. The zero-order valence-electron chi connectivity index (χ0n) is 13.3. The van der Waals surface area contributed by atoms with Gasteiger partial charge < -0.3 is 11.1 Å². The molecule has 2 rings (SSSR count). The Labute approximate surface area is 127 Å². The highest BCUT2D eigenvalue weighted by molar-refractivity contribution is 7.91. The molecular formula is C14H26N4O2S. The van der Waals surface area contributed by atoms with Gasteiger partial charge in [0.15, 0.2) is 20.6 Å². The van der Waals surface area contributed by atoms with Gasteiger partial charge in [-0.25, -0.2) is 13.1 Å². The van der Waals surface area contributed by atoms with E-state index >= 15 is 0 Å². The maximum absolute atomic E-state index is 12.1. The minimum Gasteiger partial charge on any atom is -0.383 e. The molecule has 0 aliphatic heterocycles. The molecule has 1 aromatic heterocycles. The van der Waals surface area contributed by atoms with Crippen LogP contribution >= 0.6 is 0 Å². The van der Waals surface area contributed by atoms with E-state index in [0.29, 0.717) is 11.7 Å². The van der Waals surface area contributed by atoms with Gasteiger partial charge in [-0.15, -0.1) is 0 Å². The Morgan fingerprint density at radius 3 is 2.38 bits per heavy atom. The molecule has 1 aliphatic rings. The minimum absolute atomic E-state index is 0.122. The molecule has 120 valence electrons. The topological polar surface area (TPSA) is 90.0 Å². The fraction of sp³-hybridized carbons (Fsp3) is 0.786. The van der Waals surface area contributed by atoms with E-state index in [9.17, 15) is 8.42 Å². The molecule has 6 nitrogen and oxygen atoms in total. The van der Waals surface area contributed by atoms with Crippen LogP contribution in [-0.4, -0.2) is 30.5 Å². The molecule has 1 aliphatic carbocycles. The summed E-state index contributed by atoms with van der Waals surface area (Å²) in [6.07, 6.45) is 5.28. The summed E-state index contributed by atoms with van der Waals surface area (Å²) in [5.74, 6) is 1.26. The van der Waals surface area contributed by atoms with Gasteiger partial charge in [0.2, 0.25) is 0 Å². The van der Waals surface area contributed by atoms with Crippen LogP contribution in [0.1, 0.15) is 52.5 Å². The minimum atomic E-state index is -3.42. The molecule has 1 fully saturated rings. The third-order valence-corrected chi connectivity index (χ3v) is 5.40. The van der Waals surface area contributed by atoms with Crippen molar-refractivity contribution in [1.82, 2.24) is 9.78 Å². The molecule has 21 heavy (non-hydrogen) atoms. The molecule has 1 aromatic rings. The highest BCUT2D eigenvalue weighted by Crippen LogP contribution is 2.36. The van der Waals surface area contributed by atoms with Crippen molar-refractivity contribution < 1.29 is 8.42 Å². The average molecular weight is 314 g/mol. The Hall–Kier alpha value is -1.24. The number of hydrogen-bond acceptors (Lipinski definition) is 5. The molecule has 0 spiro atoms. The Morgan fingerprint density at radius 2 is 1.95 bits per heavy atom. The smallest absolute Gasteiger partial charge is 0.182 e. The molecular weight excluding hydrogens is 288 g/mol. The molecule has 1 saturated carbocycles. The van der Waals surface area contributed by atoms with Crippen LogP contribution in [0.15, 0.2) is 4.90 Å². The maximum atomic E-state index is 12.1. The Balaban J connectivity index is 2.44. The Morgan fingerprint density at radius 1 is 1.38 bits per heavy atom. The molecule has 0 radical (unpaired) electrons. The van der Waals surface area contributed by atoms with Crippen molar-refractivity contribution in [2.45, 2.75) is 63.4 Å². The zero-order valence-corrected chi connectivity index (χ0v) is 14.1. The number of aromatic nitrogens is 2. The van der Waals surface area contributed by atoms with Gasteiger partial charge >= 0.3 is 0 Å². The van der Waals surface area contributed by atoms with Gasteiger partial charge in [0.25, 0.3) is 0 Å². The predicted molar refractivity (Wildman–Crippen MR) is 85.2 cm³/mol. The number of rotatable bonds is 7. The summed E-state index contributed by atoms with van der Waals surface area (Å²) in [5, 5.41) is 7.72. The standard InChI is InChI=1S/C14H26N4O2S/c1-5-11(6-2)18-13(15)12(21(4,19)20)14(17-18)16-9(3)10-7-8-10/h9-11H,5-8,15H2,1-4H3,(H,16,17). The molecule has 0 bridgehead atoms. The number of nitrogens with two attached hydrogens (primary N) is 1. The SMILES string of the molecule is CCC(CC)n1nc(NC(C)C2CC2)c(S(C)(=O)=O)c1N. The third-order valence-electron chi connectivity index (χ3n) is 4.25. The van der Waals surface area contributed by atoms with Crippen molar-refractivity contribution in [2.24, 2.45) is 5.92 Å². The normalized spacial score (nSPS) is 17.2. The number of hydrogen-bond donors (Lipinski definition) is 2. The van der Waals surface area contributed by atoms with Crippen LogP contribution in [0.2, 0.25) is 0 Å². The van der Waals surface area contributed by atoms with Gasteiger partial charge in [-0.3, -0.25) is 0 Å². The molecule has 0 aromatic carbocycles. The fourth-order valence-electron chi connectivity index (χ4n) is 2.73. The summed E-state index contributed by atoms with van der Waals surface area (Å²) in [6.45, 7) is 6.17. The summed E-state index contributed by atoms with van der Waals surface area (Å²) in [5.41, 5.74) is 6.09. The van der Waals surface area contributed by atoms with Crippen molar-refractivity contribution in [1.29, 1.82) is 0 Å². The van der Waals surface area contributed by atoms with Crippen LogP contribution in [0.5, 0.6) is 0 Å². The Bertz CT molecular complexity index is 601. The average Bonchev–Trinajstić information content (AvgIpc) is 3.17. The van der Waals surface area contributed by atoms with Gasteiger partial charge in [0, 0.05) is 12.3 Å². The van der Waals surface area contributed by atoms with E-state index in [0.717, 1.165) is 12.8 Å². The second-order valence-electron chi connectivity index (χ2n) is 6.02. The zero-order chi connectivity index (χ0) is 15.8. The van der Waals surface area contributed by atoms with Crippen LogP contribution in [0.25, 0.3) is 0 Å². The molecule has 1 unspecified atom stereocenters. The van der Waals surface area contributed by atoms with Crippen LogP contribution in [0.4, 0.5) is 11.6 Å². The number of anilines is 2. The van der Waals surface area contributed by atoms with E-state index in [1.165, 1.54) is 19.1 Å². The van der Waals surface area contributed by atoms with Gasteiger partial charge in [-0.1, -0.05) is 13.8 Å². The van der Waals surface area contributed by atoms with Crippen LogP contribution in [0, 0.1) is 5.92 Å². The number of nitrogens with zero attached hydrogens (tertiary/aromatic N) is 2. The van der Waals surface area contributed by atoms with Gasteiger partial charge in [-0.05, 0) is 38.5 Å². The summed E-state index contributed by atoms with van der Waals surface area (Å²) in [7, 11) is -3.42. The molecule has 0 saturated heterocycles. The number of nitrogens with one attached hydrogen (secondary N) is 1. The third kappa shape index (κ3) is 3.33. The van der Waals surface area contributed by atoms with E-state index in [4.69, 9.17) is 5.73 Å². The van der Waals surface area contributed by atoms with Gasteiger partial charge in [0.1, 0.15) is 5.82 Å². The lowest BCUT2D eigenvalue weighted by atomic mass is 10.2. The van der Waals surface area contributed by atoms with Crippen LogP contribution in [-0.2, 0) is 9.84 Å². The largest absolute Gasteiger partial charge is 0.383 e. The lowest BCUT2D eigenvalue weighted by Crippen LogP contribution is -2.19. The molecule has 0 amide bonds. The van der Waals surface area contributed by atoms with Crippen molar-refractivity contribution in [3.05, 3.63) is 0 Å². The highest BCUT2D eigenvalue weighted by atomic mass is 32.2. The Kier molecular flexibility index (Phi) is 4.51. The second-order valence-corrected chi connectivity index (χ2v) is 7.97. The fourth-order valence-corrected chi connectivity index (χ4v) is 3.66. The summed E-state index contributed by atoms with van der Waals surface area (Å²) in [4.78, 5) is 0.141. The predicted octanol–water partition coefficient (Wildman–Crippen LogP) is 2.44. The van der Waals surface area contributed by atoms with Gasteiger partial charge in [-0.2, -0.15) is 5.10 Å². The molecule has 7 heteroatoms. The first-order valence-electron chi connectivity index (χ1n) is 7.64. The maximum Gasteiger partial charge on any atom is 0.182 e. The second kappa shape index (κ2) is 5.87. The van der Waals surface area contributed by atoms with Crippen LogP contribution in [0.3, 0.4) is 0 Å². The molecule has 3 N–H and O–H groups in total. The van der Waals surface area contributed by atoms with E-state index in [1.54, 1.807) is 4.68 Å². The van der Waals surface area contributed by atoms with E-state index < -0.39 is 9.84 Å². The lowest BCUT2D eigenvalue weighted by molar-refractivity contribution is 0.434. The first-order chi connectivity index (χ1) is 9.79. The van der Waals surface area contributed by atoms with E-state index in [-0.39, 0.29) is 22.8 Å². The molecule has 1 heterocycles.